The molecule has 0 spiro atoms. The molecule has 0 unspecified atom stereocenters. The second kappa shape index (κ2) is 13.3. The van der Waals surface area contributed by atoms with Crippen molar-refractivity contribution >= 4 is 56.3 Å². The number of aliphatic carboxylic acids is 1. The van der Waals surface area contributed by atoms with E-state index in [0.717, 1.165) is 25.9 Å². The number of hydrogen-bond donors (Lipinski definition) is 7. The molecule has 4 atom stereocenters. The Hall–Kier alpha value is -4.40. The Labute approximate surface area is 249 Å². The van der Waals surface area contributed by atoms with Crippen LogP contribution in [0.25, 0.3) is 0 Å². The second-order valence-electron chi connectivity index (χ2n) is 9.53. The predicted molar refractivity (Wildman–Crippen MR) is 151 cm³/mol. The van der Waals surface area contributed by atoms with E-state index in [9.17, 15) is 27.9 Å². The van der Waals surface area contributed by atoms with Crippen LogP contribution >= 0.6 is 11.5 Å². The number of anilines is 1. The highest BCUT2D eigenvalue weighted by Gasteiger charge is 2.51. The van der Waals surface area contributed by atoms with E-state index in [0.29, 0.717) is 17.1 Å². The zero-order valence-corrected chi connectivity index (χ0v) is 24.2. The van der Waals surface area contributed by atoms with Crippen molar-refractivity contribution in [2.24, 2.45) is 5.16 Å². The van der Waals surface area contributed by atoms with E-state index < -0.39 is 58.6 Å². The number of carbonyl (C=O) groups excluding carboxylic acids is 2. The van der Waals surface area contributed by atoms with E-state index in [1.54, 1.807) is 24.3 Å². The van der Waals surface area contributed by atoms with Gasteiger partial charge in [-0.15, -0.1) is 0 Å². The standard InChI is InChI=1S/C23H29N9O9S2/c1-11-16(21(34)32(11)43(37,38)39)28-20(33)17(19-29-23(25)42-31-19)30-41-15(22(35)36)10-40-14-6-4-12(5-7-14)18(24)27-13-3-2-8-26-9-13/h4-7,11,13,15-16,26H,2-3,8-10H2,1H3,(H2,24,27)(H,28,33)(H,35,36)(H2,25,29,31)(H,37,38,39)/b30-17-/t11-,13+,15-,16-/m0/s1. The maximum atomic E-state index is 13.0. The average molecular weight is 640 g/mol. The van der Waals surface area contributed by atoms with Gasteiger partial charge >= 0.3 is 16.3 Å². The Morgan fingerprint density at radius 1 is 1.33 bits per heavy atom. The molecule has 0 aliphatic carbocycles. The minimum atomic E-state index is -4.83. The molecule has 0 radical (unpaired) electrons. The molecule has 2 amide bonds. The summed E-state index contributed by atoms with van der Waals surface area (Å²) in [5.74, 6) is -3.50. The summed E-state index contributed by atoms with van der Waals surface area (Å²) in [4.78, 5) is 45.9. The number of amidine groups is 1. The summed E-state index contributed by atoms with van der Waals surface area (Å²) in [5.41, 5.74) is 5.55. The van der Waals surface area contributed by atoms with Gasteiger partial charge in [-0.2, -0.15) is 17.8 Å². The lowest BCUT2D eigenvalue weighted by atomic mass is 10.0. The van der Waals surface area contributed by atoms with Crippen molar-refractivity contribution < 1.29 is 42.0 Å². The van der Waals surface area contributed by atoms with Crippen LogP contribution in [-0.4, -0.2) is 105 Å². The molecule has 0 saturated carbocycles. The monoisotopic (exact) mass is 639 g/mol. The van der Waals surface area contributed by atoms with Crippen LogP contribution < -0.4 is 26.4 Å². The SMILES string of the molecule is C[C@H]1[C@H](NC(=O)/C(=N\O[C@@H](COc2ccc(C(=N)N[C@@H]3CCCNC3)cc2)C(=O)O)c2nsc(N)n2)C(=O)N1S(=O)(=O)O. The van der Waals surface area contributed by atoms with Gasteiger partial charge in [-0.25, -0.2) is 9.10 Å². The van der Waals surface area contributed by atoms with Gasteiger partial charge in [-0.05, 0) is 50.6 Å². The third kappa shape index (κ3) is 7.71. The summed E-state index contributed by atoms with van der Waals surface area (Å²) in [6.07, 6.45) is 0.260. The molecule has 2 aliphatic heterocycles. The number of aromatic nitrogens is 2. The maximum Gasteiger partial charge on any atom is 0.362 e. The molecule has 0 bridgehead atoms. The van der Waals surface area contributed by atoms with Crippen LogP contribution in [-0.2, 0) is 29.5 Å². The number of hydrogen-bond acceptors (Lipinski definition) is 14. The van der Waals surface area contributed by atoms with Gasteiger partial charge in [0.1, 0.15) is 24.2 Å². The fraction of sp³-hybridized carbons (Fsp3) is 0.435. The quantitative estimate of drug-likeness (QED) is 0.0461. The Kier molecular flexibility index (Phi) is 9.73. The molecule has 3 heterocycles. The molecule has 4 rings (SSSR count). The van der Waals surface area contributed by atoms with Crippen LogP contribution in [0.2, 0.25) is 0 Å². The van der Waals surface area contributed by atoms with Crippen molar-refractivity contribution in [2.75, 3.05) is 25.4 Å². The fourth-order valence-corrected chi connectivity index (χ4v) is 5.56. The van der Waals surface area contributed by atoms with E-state index in [1.807, 2.05) is 0 Å². The van der Waals surface area contributed by atoms with Gasteiger partial charge in [0.15, 0.2) is 5.13 Å². The lowest BCUT2D eigenvalue weighted by Gasteiger charge is -2.42. The van der Waals surface area contributed by atoms with Gasteiger partial charge in [0.05, 0.1) is 6.04 Å². The highest BCUT2D eigenvalue weighted by atomic mass is 32.2. The largest absolute Gasteiger partial charge is 0.489 e. The molecule has 43 heavy (non-hydrogen) atoms. The number of oxime groups is 1. The first-order valence-electron chi connectivity index (χ1n) is 12.8. The molecular formula is C23H29N9O9S2. The molecule has 232 valence electrons. The number of nitrogens with zero attached hydrogens (tertiary/aromatic N) is 4. The molecule has 18 nitrogen and oxygen atoms in total. The average Bonchev–Trinajstić information content (AvgIpc) is 3.39. The van der Waals surface area contributed by atoms with E-state index in [2.05, 4.69) is 30.5 Å². The van der Waals surface area contributed by atoms with E-state index in [1.165, 1.54) is 6.92 Å². The highest BCUT2D eigenvalue weighted by molar-refractivity contribution is 7.84. The molecule has 8 N–H and O–H groups in total. The van der Waals surface area contributed by atoms with Crippen molar-refractivity contribution in [2.45, 2.75) is 44.0 Å². The van der Waals surface area contributed by atoms with Crippen LogP contribution in [0.5, 0.6) is 5.75 Å². The number of nitrogens with one attached hydrogen (secondary N) is 4. The number of nitrogens with two attached hydrogens (primary N) is 1. The van der Waals surface area contributed by atoms with Crippen LogP contribution in [0.15, 0.2) is 29.4 Å². The third-order valence-electron chi connectivity index (χ3n) is 6.48. The Balaban J connectivity index is 1.40. The third-order valence-corrected chi connectivity index (χ3v) is 8.03. The minimum absolute atomic E-state index is 0.0543. The zero-order valence-electron chi connectivity index (χ0n) is 22.6. The Morgan fingerprint density at radius 3 is 2.60 bits per heavy atom. The van der Waals surface area contributed by atoms with Gasteiger partial charge in [0.25, 0.3) is 17.9 Å². The van der Waals surface area contributed by atoms with E-state index in [4.69, 9.17) is 25.3 Å². The van der Waals surface area contributed by atoms with Crippen LogP contribution in [0, 0.1) is 5.41 Å². The fourth-order valence-electron chi connectivity index (χ4n) is 4.24. The van der Waals surface area contributed by atoms with Gasteiger partial charge in [0.2, 0.25) is 11.5 Å². The van der Waals surface area contributed by atoms with Crippen molar-refractivity contribution in [3.05, 3.63) is 35.7 Å². The first-order valence-corrected chi connectivity index (χ1v) is 15.0. The topological polar surface area (TPSA) is 272 Å². The number of amides is 2. The van der Waals surface area contributed by atoms with Gasteiger partial charge < -0.3 is 36.4 Å². The number of carboxylic acid groups (broad SMARTS) is 1. The van der Waals surface area contributed by atoms with Crippen LogP contribution in [0.4, 0.5) is 5.13 Å². The molecule has 1 aromatic heterocycles. The molecule has 20 heteroatoms. The van der Waals surface area contributed by atoms with Gasteiger partial charge in [-0.3, -0.25) is 19.6 Å². The first-order chi connectivity index (χ1) is 20.3. The minimum Gasteiger partial charge on any atom is -0.489 e. The summed E-state index contributed by atoms with van der Waals surface area (Å²) in [6, 6.07) is 4.06. The smallest absolute Gasteiger partial charge is 0.362 e. The molecular weight excluding hydrogens is 610 g/mol. The van der Waals surface area contributed by atoms with Crippen molar-refractivity contribution in [1.82, 2.24) is 29.6 Å². The Bertz CT molecular complexity index is 1510. The summed E-state index contributed by atoms with van der Waals surface area (Å²) < 4.78 is 41.4. The molecule has 2 aliphatic rings. The summed E-state index contributed by atoms with van der Waals surface area (Å²) in [7, 11) is -4.83. The van der Waals surface area contributed by atoms with Crippen molar-refractivity contribution in [3.8, 4) is 5.75 Å². The predicted octanol–water partition coefficient (Wildman–Crippen LogP) is -1.44. The van der Waals surface area contributed by atoms with E-state index >= 15 is 0 Å². The first kappa shape index (κ1) is 31.5. The molecule has 1 aromatic carbocycles. The van der Waals surface area contributed by atoms with Gasteiger partial charge in [0, 0.05) is 29.7 Å². The summed E-state index contributed by atoms with van der Waals surface area (Å²) in [5, 5.41) is 30.1. The number of ether oxygens (including phenoxy) is 1. The number of benzene rings is 1. The lowest BCUT2D eigenvalue weighted by Crippen LogP contribution is -2.71. The second-order valence-corrected chi connectivity index (χ2v) is 11.6. The van der Waals surface area contributed by atoms with Crippen LogP contribution in [0.1, 0.15) is 31.2 Å². The molecule has 2 aromatic rings. The van der Waals surface area contributed by atoms with Crippen molar-refractivity contribution in [3.63, 3.8) is 0 Å². The number of nitrogen functional groups attached to an aromatic ring is 1. The number of β-lactam (4-membered cyclic amide) rings is 1. The number of carboxylic acids is 1. The van der Waals surface area contributed by atoms with E-state index in [-0.39, 0.29) is 32.9 Å². The van der Waals surface area contributed by atoms with Gasteiger partial charge in [-0.1, -0.05) is 5.16 Å². The maximum absolute atomic E-state index is 13.0. The summed E-state index contributed by atoms with van der Waals surface area (Å²) in [6.45, 7) is 2.45. The summed E-state index contributed by atoms with van der Waals surface area (Å²) >= 11 is 0.703. The number of rotatable bonds is 12. The highest BCUT2D eigenvalue weighted by Crippen LogP contribution is 2.23. The number of piperidine rings is 1. The zero-order chi connectivity index (χ0) is 31.3. The number of carbonyl (C=O) groups is 3. The molecule has 2 fully saturated rings. The normalized spacial score (nSPS) is 21.3. The lowest BCUT2D eigenvalue weighted by molar-refractivity contribution is -0.152. The molecule has 2 saturated heterocycles. The van der Waals surface area contributed by atoms with Crippen LogP contribution in [0.3, 0.4) is 0 Å². The Morgan fingerprint density at radius 2 is 2.05 bits per heavy atom. The van der Waals surface area contributed by atoms with Crippen molar-refractivity contribution in [1.29, 1.82) is 5.41 Å².